The summed E-state index contributed by atoms with van der Waals surface area (Å²) in [4.78, 5) is 16.3. The average molecular weight is 498 g/mol. The number of carbonyl (C=O) groups is 1. The van der Waals surface area contributed by atoms with E-state index in [-0.39, 0.29) is 6.10 Å². The Morgan fingerprint density at radius 2 is 2.00 bits per heavy atom. The lowest BCUT2D eigenvalue weighted by Crippen LogP contribution is -2.18. The molecule has 2 heterocycles. The van der Waals surface area contributed by atoms with Crippen molar-refractivity contribution in [3.05, 3.63) is 66.2 Å². The quantitative estimate of drug-likeness (QED) is 0.312. The van der Waals surface area contributed by atoms with Crippen molar-refractivity contribution < 1.29 is 14.3 Å². The highest BCUT2D eigenvalue weighted by Crippen LogP contribution is 2.43. The number of hydrogen-bond acceptors (Lipinski definition) is 5. The number of aryl methyl sites for hydroxylation is 1. The zero-order valence-electron chi connectivity index (χ0n) is 21.4. The molecule has 5 rings (SSSR count). The number of anilines is 1. The molecule has 0 bridgehead atoms. The van der Waals surface area contributed by atoms with Crippen LogP contribution in [0.5, 0.6) is 5.75 Å². The Kier molecular flexibility index (Phi) is 6.87. The van der Waals surface area contributed by atoms with E-state index in [4.69, 9.17) is 9.47 Å². The molecule has 1 amide bonds. The van der Waals surface area contributed by atoms with Gasteiger partial charge < -0.3 is 18.6 Å². The first-order chi connectivity index (χ1) is 17.9. The lowest BCUT2D eigenvalue weighted by Gasteiger charge is -2.30. The third-order valence-electron chi connectivity index (χ3n) is 6.79. The molecule has 0 radical (unpaired) electrons. The summed E-state index contributed by atoms with van der Waals surface area (Å²) in [5.41, 5.74) is 4.14. The van der Waals surface area contributed by atoms with Gasteiger partial charge >= 0.3 is 6.09 Å². The van der Waals surface area contributed by atoms with E-state index in [2.05, 4.69) is 20.9 Å². The van der Waals surface area contributed by atoms with Gasteiger partial charge in [-0.15, -0.1) is 0 Å². The molecule has 0 saturated heterocycles. The molecule has 8 nitrogen and oxygen atoms in total. The van der Waals surface area contributed by atoms with Crippen LogP contribution in [0.4, 0.5) is 10.5 Å². The number of ether oxygens (including phenoxy) is 2. The van der Waals surface area contributed by atoms with Crippen LogP contribution < -0.4 is 10.1 Å². The lowest BCUT2D eigenvalue weighted by atomic mass is 9.92. The zero-order chi connectivity index (χ0) is 25.9. The van der Waals surface area contributed by atoms with Crippen LogP contribution in [0.1, 0.15) is 50.5 Å². The van der Waals surface area contributed by atoms with E-state index in [1.54, 1.807) is 6.20 Å². The zero-order valence-corrected chi connectivity index (χ0v) is 21.4. The fraction of sp³-hybridized carbons (Fsp3) is 0.345. The Morgan fingerprint density at radius 1 is 1.22 bits per heavy atom. The topological polar surface area (TPSA) is 94.1 Å². The van der Waals surface area contributed by atoms with E-state index in [1.807, 2.05) is 74.1 Å². The standard InChI is InChI=1S/C29H31N5O3/c1-19(2)37-29(35)32-21-9-7-20(8-10-21)28-25(18-30)24-12-11-23(17-26(24)34(28)22-5-4-6-22)36-16-13-27-31-14-15-33(27)3/h7-12,14-15,17,19,22H,4-6,13,16H2,1-3H3,(H,32,35). The summed E-state index contributed by atoms with van der Waals surface area (Å²) in [5, 5.41) is 13.9. The maximum Gasteiger partial charge on any atom is 0.411 e. The van der Waals surface area contributed by atoms with Gasteiger partial charge in [0, 0.05) is 49.0 Å². The summed E-state index contributed by atoms with van der Waals surface area (Å²) in [6.45, 7) is 4.14. The van der Waals surface area contributed by atoms with Gasteiger partial charge in [-0.25, -0.2) is 9.78 Å². The predicted molar refractivity (Wildman–Crippen MR) is 143 cm³/mol. The number of carbonyl (C=O) groups excluding carboxylic acids is 1. The number of hydrogen-bond donors (Lipinski definition) is 1. The molecule has 1 fully saturated rings. The molecule has 2 aromatic carbocycles. The van der Waals surface area contributed by atoms with Crippen molar-refractivity contribution in [2.75, 3.05) is 11.9 Å². The van der Waals surface area contributed by atoms with Crippen LogP contribution in [-0.2, 0) is 18.2 Å². The van der Waals surface area contributed by atoms with E-state index in [1.165, 1.54) is 6.42 Å². The van der Waals surface area contributed by atoms with Gasteiger partial charge in [0.05, 0.1) is 29.5 Å². The number of imidazole rings is 1. The first-order valence-corrected chi connectivity index (χ1v) is 12.7. The van der Waals surface area contributed by atoms with Gasteiger partial charge in [0.1, 0.15) is 17.6 Å². The van der Waals surface area contributed by atoms with Crippen LogP contribution >= 0.6 is 0 Å². The molecule has 0 unspecified atom stereocenters. The molecule has 1 saturated carbocycles. The third kappa shape index (κ3) is 5.03. The highest BCUT2D eigenvalue weighted by molar-refractivity contribution is 5.96. The number of nitrogens with zero attached hydrogens (tertiary/aromatic N) is 4. The second kappa shape index (κ2) is 10.4. The van der Waals surface area contributed by atoms with E-state index in [9.17, 15) is 10.1 Å². The molecule has 0 atom stereocenters. The van der Waals surface area contributed by atoms with Crippen molar-refractivity contribution >= 4 is 22.7 Å². The molecule has 0 spiro atoms. The molecule has 1 aliphatic carbocycles. The van der Waals surface area contributed by atoms with Gasteiger partial charge in [0.25, 0.3) is 0 Å². The van der Waals surface area contributed by atoms with Crippen LogP contribution in [0.2, 0.25) is 0 Å². The van der Waals surface area contributed by atoms with Crippen molar-refractivity contribution in [2.24, 2.45) is 7.05 Å². The Bertz CT molecular complexity index is 1460. The van der Waals surface area contributed by atoms with Crippen LogP contribution in [0.25, 0.3) is 22.2 Å². The largest absolute Gasteiger partial charge is 0.493 e. The average Bonchev–Trinajstić information content (AvgIpc) is 3.38. The van der Waals surface area contributed by atoms with Crippen LogP contribution in [0, 0.1) is 11.3 Å². The normalized spacial score (nSPS) is 13.4. The maximum absolute atomic E-state index is 12.0. The van der Waals surface area contributed by atoms with Crippen LogP contribution in [0.15, 0.2) is 54.9 Å². The van der Waals surface area contributed by atoms with E-state index >= 15 is 0 Å². The van der Waals surface area contributed by atoms with Crippen molar-refractivity contribution in [3.63, 3.8) is 0 Å². The molecule has 2 aromatic heterocycles. The minimum atomic E-state index is -0.487. The van der Waals surface area contributed by atoms with Gasteiger partial charge in [-0.1, -0.05) is 12.1 Å². The SMILES string of the molecule is CC(C)OC(=O)Nc1ccc(-c2c(C#N)c3ccc(OCCc4nccn4C)cc3n2C2CCC2)cc1. The molecular weight excluding hydrogens is 466 g/mol. The van der Waals surface area contributed by atoms with Gasteiger partial charge in [-0.3, -0.25) is 5.32 Å². The van der Waals surface area contributed by atoms with Gasteiger partial charge in [0.2, 0.25) is 0 Å². The smallest absolute Gasteiger partial charge is 0.411 e. The van der Waals surface area contributed by atoms with Crippen LogP contribution in [-0.4, -0.2) is 32.9 Å². The Hall–Kier alpha value is -4.25. The minimum Gasteiger partial charge on any atom is -0.493 e. The summed E-state index contributed by atoms with van der Waals surface area (Å²) in [5.74, 6) is 1.75. The van der Waals surface area contributed by atoms with Gasteiger partial charge in [0.15, 0.2) is 0 Å². The highest BCUT2D eigenvalue weighted by atomic mass is 16.6. The van der Waals surface area contributed by atoms with Crippen LogP contribution in [0.3, 0.4) is 0 Å². The number of benzene rings is 2. The van der Waals surface area contributed by atoms with Crippen molar-refractivity contribution in [3.8, 4) is 23.1 Å². The second-order valence-corrected chi connectivity index (χ2v) is 9.68. The number of amides is 1. The molecule has 8 heteroatoms. The number of aromatic nitrogens is 3. The highest BCUT2D eigenvalue weighted by Gasteiger charge is 2.28. The molecule has 37 heavy (non-hydrogen) atoms. The molecule has 4 aromatic rings. The summed E-state index contributed by atoms with van der Waals surface area (Å²) in [6.07, 6.45) is 7.07. The molecular formula is C29H31N5O3. The van der Waals surface area contributed by atoms with E-state index < -0.39 is 6.09 Å². The summed E-state index contributed by atoms with van der Waals surface area (Å²) < 4.78 is 15.6. The van der Waals surface area contributed by atoms with Crippen molar-refractivity contribution in [1.82, 2.24) is 14.1 Å². The van der Waals surface area contributed by atoms with Gasteiger partial charge in [-0.05, 0) is 62.9 Å². The maximum atomic E-state index is 12.0. The third-order valence-corrected chi connectivity index (χ3v) is 6.79. The van der Waals surface area contributed by atoms with E-state index in [0.29, 0.717) is 30.3 Å². The number of rotatable bonds is 8. The monoisotopic (exact) mass is 497 g/mol. The number of fused-ring (bicyclic) bond motifs is 1. The molecule has 190 valence electrons. The second-order valence-electron chi connectivity index (χ2n) is 9.68. The number of nitriles is 1. The fourth-order valence-electron chi connectivity index (χ4n) is 4.77. The summed E-state index contributed by atoms with van der Waals surface area (Å²) >= 11 is 0. The summed E-state index contributed by atoms with van der Waals surface area (Å²) in [7, 11) is 1.98. The van der Waals surface area contributed by atoms with Gasteiger partial charge in [-0.2, -0.15) is 5.26 Å². The predicted octanol–water partition coefficient (Wildman–Crippen LogP) is 6.22. The van der Waals surface area contributed by atoms with Crippen molar-refractivity contribution in [2.45, 2.75) is 51.7 Å². The Balaban J connectivity index is 1.46. The Labute approximate surface area is 216 Å². The van der Waals surface area contributed by atoms with E-state index in [0.717, 1.165) is 46.6 Å². The molecule has 1 N–H and O–H groups in total. The summed E-state index contributed by atoms with van der Waals surface area (Å²) in [6, 6.07) is 16.3. The molecule has 0 aliphatic heterocycles. The first-order valence-electron chi connectivity index (χ1n) is 12.7. The molecule has 1 aliphatic rings. The lowest BCUT2D eigenvalue weighted by molar-refractivity contribution is 0.130. The number of nitrogens with one attached hydrogen (secondary N) is 1. The van der Waals surface area contributed by atoms with Crippen molar-refractivity contribution in [1.29, 1.82) is 5.26 Å². The first kappa shape index (κ1) is 24.4. The minimum absolute atomic E-state index is 0.195. The Morgan fingerprint density at radius 3 is 2.62 bits per heavy atom. The fourth-order valence-corrected chi connectivity index (χ4v) is 4.77.